The fourth-order valence-corrected chi connectivity index (χ4v) is 3.49. The van der Waals surface area contributed by atoms with Crippen molar-refractivity contribution in [3.63, 3.8) is 0 Å². The molecule has 5 nitrogen and oxygen atoms in total. The van der Waals surface area contributed by atoms with Gasteiger partial charge in [0.1, 0.15) is 12.4 Å². The van der Waals surface area contributed by atoms with Gasteiger partial charge in [0.15, 0.2) is 0 Å². The van der Waals surface area contributed by atoms with Crippen LogP contribution in [0.15, 0.2) is 83.9 Å². The van der Waals surface area contributed by atoms with Crippen molar-refractivity contribution in [3.05, 3.63) is 101 Å². The van der Waals surface area contributed by atoms with Crippen molar-refractivity contribution in [1.82, 2.24) is 0 Å². The predicted octanol–water partition coefficient (Wildman–Crippen LogP) is 4.92. The Morgan fingerprint density at radius 1 is 1.06 bits per heavy atom. The van der Waals surface area contributed by atoms with Crippen LogP contribution < -0.4 is 9.64 Å². The molecule has 1 aliphatic rings. The van der Waals surface area contributed by atoms with E-state index in [1.807, 2.05) is 30.3 Å². The van der Waals surface area contributed by atoms with Gasteiger partial charge in [-0.05, 0) is 47.5 Å². The molecule has 4 rings (SSSR count). The number of hydrogen-bond acceptors (Lipinski definition) is 4. The van der Waals surface area contributed by atoms with Crippen molar-refractivity contribution in [2.24, 2.45) is 4.99 Å². The number of aromatic carboxylic acids is 1. The lowest BCUT2D eigenvalue weighted by Gasteiger charge is -2.18. The third kappa shape index (κ3) is 5.01. The molecule has 1 heterocycles. The fourth-order valence-electron chi connectivity index (χ4n) is 3.49. The normalized spacial score (nSPS) is 13.5. The summed E-state index contributed by atoms with van der Waals surface area (Å²) in [6.07, 6.45) is 4.11. The van der Waals surface area contributed by atoms with Gasteiger partial charge in [-0.3, -0.25) is 4.99 Å². The maximum Gasteiger partial charge on any atom is 0.335 e. The van der Waals surface area contributed by atoms with Gasteiger partial charge in [-0.15, -0.1) is 0 Å². The zero-order chi connectivity index (χ0) is 21.6. The average molecular weight is 412 g/mol. The number of para-hydroxylation sites is 1. The number of carboxylic acids is 1. The van der Waals surface area contributed by atoms with E-state index in [9.17, 15) is 4.79 Å². The highest BCUT2D eigenvalue weighted by Crippen LogP contribution is 2.23. The highest BCUT2D eigenvalue weighted by Gasteiger charge is 2.13. The third-order valence-corrected chi connectivity index (χ3v) is 5.21. The lowest BCUT2D eigenvalue weighted by atomic mass is 10.1. The minimum atomic E-state index is -0.931. The Hall–Kier alpha value is -3.86. The summed E-state index contributed by atoms with van der Waals surface area (Å²) >= 11 is 0. The Labute approximate surface area is 181 Å². The van der Waals surface area contributed by atoms with Crippen LogP contribution in [-0.4, -0.2) is 36.9 Å². The molecule has 0 atom stereocenters. The van der Waals surface area contributed by atoms with Crippen LogP contribution in [0.3, 0.4) is 0 Å². The van der Waals surface area contributed by atoms with Crippen molar-refractivity contribution in [1.29, 1.82) is 0 Å². The van der Waals surface area contributed by atoms with Crippen molar-refractivity contribution < 1.29 is 14.6 Å². The van der Waals surface area contributed by atoms with Gasteiger partial charge in [0, 0.05) is 24.8 Å². The van der Waals surface area contributed by atoms with Gasteiger partial charge in [-0.2, -0.15) is 0 Å². The monoisotopic (exact) mass is 412 g/mol. The van der Waals surface area contributed by atoms with Crippen LogP contribution >= 0.6 is 0 Å². The number of allylic oxidation sites excluding steroid dienone is 1. The van der Waals surface area contributed by atoms with Gasteiger partial charge in [0.2, 0.25) is 0 Å². The number of fused-ring (bicyclic) bond motifs is 1. The number of aliphatic imine (C=N–C) groups is 1. The predicted molar refractivity (Wildman–Crippen MR) is 124 cm³/mol. The van der Waals surface area contributed by atoms with Crippen LogP contribution in [0.25, 0.3) is 6.08 Å². The highest BCUT2D eigenvalue weighted by molar-refractivity contribution is 6.14. The average Bonchev–Trinajstić information content (AvgIpc) is 2.96. The van der Waals surface area contributed by atoms with E-state index in [0.717, 1.165) is 41.2 Å². The first-order valence-electron chi connectivity index (χ1n) is 10.2. The van der Waals surface area contributed by atoms with Crippen LogP contribution in [0.1, 0.15) is 27.0 Å². The number of carboxylic acid groups (broad SMARTS) is 1. The lowest BCUT2D eigenvalue weighted by Crippen LogP contribution is -2.20. The van der Waals surface area contributed by atoms with Gasteiger partial charge in [-0.1, -0.05) is 48.5 Å². The smallest absolute Gasteiger partial charge is 0.335 e. The Kier molecular flexibility index (Phi) is 6.13. The second-order valence-electron chi connectivity index (χ2n) is 7.40. The second-order valence-corrected chi connectivity index (χ2v) is 7.40. The highest BCUT2D eigenvalue weighted by atomic mass is 16.5. The molecule has 0 radical (unpaired) electrons. The molecule has 0 fully saturated rings. The SMILES string of the molecule is CN1CCN=C(C=Cc2cccc(OCc3ccc(C(=O)O)cc3)c2)c2ccccc21. The molecule has 3 aromatic rings. The quantitative estimate of drug-likeness (QED) is 0.625. The number of anilines is 1. The summed E-state index contributed by atoms with van der Waals surface area (Å²) in [5.41, 5.74) is 5.51. The number of likely N-dealkylation sites (N-methyl/N-ethyl adjacent to an activating group) is 1. The summed E-state index contributed by atoms with van der Waals surface area (Å²) in [5.74, 6) is -0.174. The molecule has 0 bridgehead atoms. The minimum Gasteiger partial charge on any atom is -0.489 e. The van der Waals surface area contributed by atoms with Crippen LogP contribution in [0.2, 0.25) is 0 Å². The molecule has 1 N–H and O–H groups in total. The minimum absolute atomic E-state index is 0.269. The Morgan fingerprint density at radius 3 is 2.68 bits per heavy atom. The second kappa shape index (κ2) is 9.30. The maximum atomic E-state index is 11.0. The number of hydrogen-bond donors (Lipinski definition) is 1. The fraction of sp³-hybridized carbons (Fsp3) is 0.154. The molecule has 5 heteroatoms. The number of nitrogens with zero attached hydrogens (tertiary/aromatic N) is 2. The van der Waals surface area contributed by atoms with Crippen LogP contribution in [0, 0.1) is 0 Å². The van der Waals surface area contributed by atoms with Gasteiger partial charge in [-0.25, -0.2) is 4.79 Å². The Bertz CT molecular complexity index is 1130. The molecule has 0 saturated carbocycles. The molecule has 156 valence electrons. The zero-order valence-electron chi connectivity index (χ0n) is 17.4. The van der Waals surface area contributed by atoms with E-state index >= 15 is 0 Å². The zero-order valence-corrected chi connectivity index (χ0v) is 17.4. The molecular weight excluding hydrogens is 388 g/mol. The molecule has 0 aliphatic carbocycles. The molecule has 0 aromatic heterocycles. The van der Waals surface area contributed by atoms with Crippen molar-refractivity contribution >= 4 is 23.4 Å². The molecule has 31 heavy (non-hydrogen) atoms. The summed E-state index contributed by atoms with van der Waals surface area (Å²) in [7, 11) is 2.09. The van der Waals surface area contributed by atoms with E-state index in [0.29, 0.717) is 6.61 Å². The molecule has 0 amide bonds. The summed E-state index contributed by atoms with van der Waals surface area (Å²) in [6, 6.07) is 22.9. The van der Waals surface area contributed by atoms with E-state index in [2.05, 4.69) is 42.3 Å². The molecule has 0 spiro atoms. The first-order valence-corrected chi connectivity index (χ1v) is 10.2. The van der Waals surface area contributed by atoms with Crippen LogP contribution in [0.4, 0.5) is 5.69 Å². The van der Waals surface area contributed by atoms with Crippen LogP contribution in [-0.2, 0) is 6.61 Å². The lowest BCUT2D eigenvalue weighted by molar-refractivity contribution is 0.0697. The summed E-state index contributed by atoms with van der Waals surface area (Å²) in [5, 5.41) is 8.99. The van der Waals surface area contributed by atoms with Crippen molar-refractivity contribution in [3.8, 4) is 5.75 Å². The first-order chi connectivity index (χ1) is 15.1. The van der Waals surface area contributed by atoms with Crippen molar-refractivity contribution in [2.45, 2.75) is 6.61 Å². The molecule has 0 unspecified atom stereocenters. The standard InChI is InChI=1S/C26H24N2O3/c1-28-16-15-27-24(23-7-2-3-8-25(23)28)14-11-19-5-4-6-22(17-19)31-18-20-9-12-21(13-10-20)26(29)30/h2-14,17H,15-16,18H2,1H3,(H,29,30). The molecule has 3 aromatic carbocycles. The largest absolute Gasteiger partial charge is 0.489 e. The topological polar surface area (TPSA) is 62.1 Å². The molecule has 0 saturated heterocycles. The summed E-state index contributed by atoms with van der Waals surface area (Å²) in [6.45, 7) is 2.03. The molecule has 1 aliphatic heterocycles. The third-order valence-electron chi connectivity index (χ3n) is 5.21. The number of carbonyl (C=O) groups is 1. The van der Waals surface area contributed by atoms with E-state index in [4.69, 9.17) is 14.8 Å². The maximum absolute atomic E-state index is 11.0. The van der Waals surface area contributed by atoms with Gasteiger partial charge >= 0.3 is 5.97 Å². The van der Waals surface area contributed by atoms with Crippen LogP contribution in [0.5, 0.6) is 5.75 Å². The van der Waals surface area contributed by atoms with E-state index in [1.165, 1.54) is 5.69 Å². The van der Waals surface area contributed by atoms with Crippen molar-refractivity contribution in [2.75, 3.05) is 25.0 Å². The van der Waals surface area contributed by atoms with Gasteiger partial charge in [0.05, 0.1) is 17.8 Å². The number of rotatable bonds is 6. The summed E-state index contributed by atoms with van der Waals surface area (Å²) in [4.78, 5) is 18.0. The van der Waals surface area contributed by atoms with E-state index in [-0.39, 0.29) is 5.56 Å². The number of ether oxygens (including phenoxy) is 1. The molecular formula is C26H24N2O3. The number of benzene rings is 3. The number of benzodiazepines with no additional fused rings is 1. The Balaban J connectivity index is 1.46. The van der Waals surface area contributed by atoms with Gasteiger partial charge in [0.25, 0.3) is 0 Å². The van der Waals surface area contributed by atoms with Gasteiger partial charge < -0.3 is 14.7 Å². The Morgan fingerprint density at radius 2 is 1.87 bits per heavy atom. The van der Waals surface area contributed by atoms with E-state index < -0.39 is 5.97 Å². The first kappa shape index (κ1) is 20.4. The summed E-state index contributed by atoms with van der Waals surface area (Å²) < 4.78 is 5.90. The van der Waals surface area contributed by atoms with E-state index in [1.54, 1.807) is 24.3 Å².